The van der Waals surface area contributed by atoms with Crippen LogP contribution in [-0.4, -0.2) is 24.2 Å². The van der Waals surface area contributed by atoms with E-state index in [1.54, 1.807) is 19.1 Å². The van der Waals surface area contributed by atoms with Crippen LogP contribution in [0.4, 0.5) is 0 Å². The highest BCUT2D eigenvalue weighted by atomic mass is 127. The zero-order valence-corrected chi connectivity index (χ0v) is 12.7. The van der Waals surface area contributed by atoms with Crippen LogP contribution in [0.2, 0.25) is 0 Å². The van der Waals surface area contributed by atoms with Crippen LogP contribution in [0.1, 0.15) is 25.4 Å². The zero-order valence-electron chi connectivity index (χ0n) is 10.4. The standard InChI is InChI=1S/C11H19N3O2.HI/c1-4-13-10(12)14-7-11(3,15)9-6-5-8(2)16-9;/h5-6,15H,4,7H2,1-3H3,(H3,12,13,14);1H. The van der Waals surface area contributed by atoms with Crippen molar-refractivity contribution < 1.29 is 9.52 Å². The number of nitrogens with two attached hydrogens (primary N) is 1. The van der Waals surface area contributed by atoms with Gasteiger partial charge < -0.3 is 20.6 Å². The average Bonchev–Trinajstić information content (AvgIpc) is 2.63. The molecule has 0 aromatic carbocycles. The van der Waals surface area contributed by atoms with Crippen LogP contribution in [0.15, 0.2) is 21.5 Å². The van der Waals surface area contributed by atoms with E-state index in [0.717, 1.165) is 5.76 Å². The van der Waals surface area contributed by atoms with Crippen LogP contribution >= 0.6 is 24.0 Å². The first-order chi connectivity index (χ1) is 7.45. The van der Waals surface area contributed by atoms with Gasteiger partial charge in [0, 0.05) is 6.54 Å². The summed E-state index contributed by atoms with van der Waals surface area (Å²) >= 11 is 0. The van der Waals surface area contributed by atoms with Gasteiger partial charge in [0.05, 0.1) is 6.54 Å². The monoisotopic (exact) mass is 353 g/mol. The van der Waals surface area contributed by atoms with Crippen molar-refractivity contribution in [1.82, 2.24) is 5.32 Å². The highest BCUT2D eigenvalue weighted by Gasteiger charge is 2.26. The molecule has 17 heavy (non-hydrogen) atoms. The maximum Gasteiger partial charge on any atom is 0.188 e. The van der Waals surface area contributed by atoms with Crippen LogP contribution in [0.3, 0.4) is 0 Å². The molecule has 1 unspecified atom stereocenters. The molecule has 1 aromatic heterocycles. The van der Waals surface area contributed by atoms with Crippen molar-refractivity contribution in [3.8, 4) is 0 Å². The molecule has 1 aromatic rings. The summed E-state index contributed by atoms with van der Waals surface area (Å²) in [5, 5.41) is 13.0. The fraction of sp³-hybridized carbons (Fsp3) is 0.545. The maximum absolute atomic E-state index is 10.1. The summed E-state index contributed by atoms with van der Waals surface area (Å²) < 4.78 is 5.36. The summed E-state index contributed by atoms with van der Waals surface area (Å²) in [5.41, 5.74) is 4.44. The molecule has 1 heterocycles. The molecular formula is C11H20IN3O2. The number of guanidine groups is 1. The number of aryl methyl sites for hydroxylation is 1. The van der Waals surface area contributed by atoms with Crippen molar-refractivity contribution in [2.24, 2.45) is 10.7 Å². The van der Waals surface area contributed by atoms with Crippen molar-refractivity contribution in [3.05, 3.63) is 23.7 Å². The van der Waals surface area contributed by atoms with Crippen LogP contribution in [0.25, 0.3) is 0 Å². The van der Waals surface area contributed by atoms with E-state index in [-0.39, 0.29) is 30.5 Å². The van der Waals surface area contributed by atoms with Crippen LogP contribution in [0, 0.1) is 6.92 Å². The van der Waals surface area contributed by atoms with Gasteiger partial charge in [0.25, 0.3) is 0 Å². The Morgan fingerprint density at radius 1 is 1.59 bits per heavy atom. The first-order valence-corrected chi connectivity index (χ1v) is 5.29. The van der Waals surface area contributed by atoms with Crippen LogP contribution in [0.5, 0.6) is 0 Å². The SMILES string of the molecule is CCNC(N)=NCC(C)(O)c1ccc(C)o1.I. The first kappa shape index (κ1) is 16.2. The van der Waals surface area contributed by atoms with E-state index >= 15 is 0 Å². The molecule has 5 nitrogen and oxygen atoms in total. The van der Waals surface area contributed by atoms with E-state index in [4.69, 9.17) is 10.2 Å². The van der Waals surface area contributed by atoms with Crippen LogP contribution in [-0.2, 0) is 5.60 Å². The number of nitrogens with zero attached hydrogens (tertiary/aromatic N) is 1. The summed E-state index contributed by atoms with van der Waals surface area (Å²) in [4.78, 5) is 4.04. The summed E-state index contributed by atoms with van der Waals surface area (Å²) in [7, 11) is 0. The third-order valence-electron chi connectivity index (χ3n) is 2.19. The second-order valence-corrected chi connectivity index (χ2v) is 3.92. The largest absolute Gasteiger partial charge is 0.463 e. The minimum Gasteiger partial charge on any atom is -0.463 e. The summed E-state index contributed by atoms with van der Waals surface area (Å²) in [5.74, 6) is 1.59. The van der Waals surface area contributed by atoms with Gasteiger partial charge in [0.15, 0.2) is 5.96 Å². The Morgan fingerprint density at radius 3 is 2.71 bits per heavy atom. The Balaban J connectivity index is 0.00000256. The Morgan fingerprint density at radius 2 is 2.24 bits per heavy atom. The molecule has 0 aliphatic carbocycles. The molecule has 0 bridgehead atoms. The van der Waals surface area contributed by atoms with Gasteiger partial charge in [-0.1, -0.05) is 0 Å². The predicted molar refractivity (Wildman–Crippen MR) is 78.6 cm³/mol. The molecule has 0 aliphatic rings. The lowest BCUT2D eigenvalue weighted by Crippen LogP contribution is -2.34. The number of furan rings is 1. The number of hydrogen-bond donors (Lipinski definition) is 3. The minimum absolute atomic E-state index is 0. The molecule has 0 fully saturated rings. The molecular weight excluding hydrogens is 333 g/mol. The van der Waals surface area contributed by atoms with Gasteiger partial charge in [0.2, 0.25) is 0 Å². The lowest BCUT2D eigenvalue weighted by molar-refractivity contribution is 0.0429. The Hall–Kier alpha value is -0.760. The van der Waals surface area contributed by atoms with Gasteiger partial charge in [-0.05, 0) is 32.9 Å². The second kappa shape index (κ2) is 6.85. The average molecular weight is 353 g/mol. The molecule has 6 heteroatoms. The zero-order chi connectivity index (χ0) is 12.2. The van der Waals surface area contributed by atoms with E-state index in [1.165, 1.54) is 0 Å². The molecule has 0 saturated heterocycles. The van der Waals surface area contributed by atoms with Gasteiger partial charge in [-0.25, -0.2) is 4.99 Å². The maximum atomic E-state index is 10.1. The lowest BCUT2D eigenvalue weighted by atomic mass is 10.0. The van der Waals surface area contributed by atoms with Gasteiger partial charge in [-0.15, -0.1) is 24.0 Å². The van der Waals surface area contributed by atoms with Gasteiger partial charge in [-0.3, -0.25) is 0 Å². The summed E-state index contributed by atoms with van der Waals surface area (Å²) in [6.07, 6.45) is 0. The third-order valence-corrected chi connectivity index (χ3v) is 2.19. The van der Waals surface area contributed by atoms with Gasteiger partial charge >= 0.3 is 0 Å². The van der Waals surface area contributed by atoms with Crippen molar-refractivity contribution >= 4 is 29.9 Å². The molecule has 0 aliphatic heterocycles. The number of hydrogen-bond acceptors (Lipinski definition) is 3. The number of rotatable bonds is 4. The van der Waals surface area contributed by atoms with Crippen molar-refractivity contribution in [2.75, 3.05) is 13.1 Å². The molecule has 98 valence electrons. The van der Waals surface area contributed by atoms with E-state index in [2.05, 4.69) is 10.3 Å². The fourth-order valence-electron chi connectivity index (χ4n) is 1.28. The summed E-state index contributed by atoms with van der Waals surface area (Å²) in [6.45, 7) is 6.27. The molecule has 1 atom stereocenters. The number of aliphatic hydroxyl groups is 1. The molecule has 4 N–H and O–H groups in total. The summed E-state index contributed by atoms with van der Waals surface area (Å²) in [6, 6.07) is 3.55. The number of halogens is 1. The Kier molecular flexibility index (Phi) is 6.54. The van der Waals surface area contributed by atoms with E-state index in [1.807, 2.05) is 13.8 Å². The van der Waals surface area contributed by atoms with Crippen LogP contribution < -0.4 is 11.1 Å². The molecule has 0 saturated carbocycles. The quantitative estimate of drug-likeness (QED) is 0.433. The lowest BCUT2D eigenvalue weighted by Gasteiger charge is -2.18. The first-order valence-electron chi connectivity index (χ1n) is 5.29. The smallest absolute Gasteiger partial charge is 0.188 e. The van der Waals surface area contributed by atoms with Crippen molar-refractivity contribution in [2.45, 2.75) is 26.4 Å². The molecule has 0 amide bonds. The van der Waals surface area contributed by atoms with Crippen molar-refractivity contribution in [3.63, 3.8) is 0 Å². The second-order valence-electron chi connectivity index (χ2n) is 3.92. The Labute approximate surface area is 119 Å². The van der Waals surface area contributed by atoms with E-state index < -0.39 is 5.60 Å². The molecule has 1 rings (SSSR count). The van der Waals surface area contributed by atoms with E-state index in [9.17, 15) is 5.11 Å². The third kappa shape index (κ3) is 4.95. The molecule has 0 radical (unpaired) electrons. The normalized spacial score (nSPS) is 14.9. The highest BCUT2D eigenvalue weighted by Crippen LogP contribution is 2.22. The topological polar surface area (TPSA) is 83.8 Å². The van der Waals surface area contributed by atoms with Crippen molar-refractivity contribution in [1.29, 1.82) is 0 Å². The predicted octanol–water partition coefficient (Wildman–Crippen LogP) is 1.34. The number of aliphatic imine (C=N–C) groups is 1. The minimum atomic E-state index is -1.13. The van der Waals surface area contributed by atoms with E-state index in [0.29, 0.717) is 18.3 Å². The fourth-order valence-corrected chi connectivity index (χ4v) is 1.28. The number of nitrogens with one attached hydrogen (secondary N) is 1. The Bertz CT molecular complexity index is 375. The highest BCUT2D eigenvalue weighted by molar-refractivity contribution is 14.0. The molecule has 0 spiro atoms. The van der Waals surface area contributed by atoms with Gasteiger partial charge in [-0.2, -0.15) is 0 Å². The van der Waals surface area contributed by atoms with Gasteiger partial charge in [0.1, 0.15) is 17.1 Å².